The van der Waals surface area contributed by atoms with E-state index in [1.807, 2.05) is 36.4 Å². The summed E-state index contributed by atoms with van der Waals surface area (Å²) >= 11 is 3.42. The van der Waals surface area contributed by atoms with Crippen molar-refractivity contribution in [3.05, 3.63) is 99.3 Å². The number of carbonyl (C=O) groups is 1. The molecule has 0 aromatic heterocycles. The number of rotatable bonds is 6. The molecule has 3 rings (SSSR count). The summed E-state index contributed by atoms with van der Waals surface area (Å²) in [5.74, 6) is -0.549. The number of hydrogen-bond donors (Lipinski definition) is 0. The van der Waals surface area contributed by atoms with E-state index in [1.54, 1.807) is 50.3 Å². The van der Waals surface area contributed by atoms with Crippen LogP contribution in [0.5, 0.6) is 11.5 Å². The lowest BCUT2D eigenvalue weighted by Gasteiger charge is -2.18. The van der Waals surface area contributed by atoms with E-state index in [9.17, 15) is 4.79 Å². The molecule has 0 aliphatic heterocycles. The summed E-state index contributed by atoms with van der Waals surface area (Å²) in [6, 6.07) is 18.2. The smallest absolute Gasteiger partial charge is 0.347 e. The van der Waals surface area contributed by atoms with Crippen molar-refractivity contribution in [1.82, 2.24) is 0 Å². The van der Waals surface area contributed by atoms with Gasteiger partial charge in [-0.25, -0.2) is 9.18 Å². The first-order valence-corrected chi connectivity index (χ1v) is 9.90. The first kappa shape index (κ1) is 20.8. The zero-order valence-corrected chi connectivity index (χ0v) is 17.7. The first-order chi connectivity index (χ1) is 14.0. The fourth-order valence-corrected chi connectivity index (χ4v) is 3.50. The van der Waals surface area contributed by atoms with Crippen LogP contribution in [-0.2, 0) is 6.61 Å². The number of benzene rings is 3. The third kappa shape index (κ3) is 4.74. The Morgan fingerprint density at radius 2 is 1.69 bits per heavy atom. The van der Waals surface area contributed by atoms with Crippen LogP contribution in [0.2, 0.25) is 0 Å². The zero-order valence-electron chi connectivity index (χ0n) is 16.1. The Hall–Kier alpha value is -2.92. The number of ether oxygens (including phenoxy) is 2. The summed E-state index contributed by atoms with van der Waals surface area (Å²) in [6.45, 7) is 3.57. The number of esters is 1. The van der Waals surface area contributed by atoms with Gasteiger partial charge in [0.25, 0.3) is 0 Å². The molecule has 0 saturated heterocycles. The molecule has 0 fully saturated rings. The van der Waals surface area contributed by atoms with E-state index in [1.165, 1.54) is 0 Å². The highest BCUT2D eigenvalue weighted by Gasteiger charge is 2.27. The average Bonchev–Trinajstić information content (AvgIpc) is 2.74. The molecule has 0 spiro atoms. The molecule has 148 valence electrons. The van der Waals surface area contributed by atoms with Crippen molar-refractivity contribution in [1.29, 1.82) is 0 Å². The molecule has 29 heavy (non-hydrogen) atoms. The number of carbonyl (C=O) groups excluding carboxylic acids is 1. The van der Waals surface area contributed by atoms with E-state index in [-0.39, 0.29) is 23.5 Å². The SMILES string of the molecule is C/C=C/c1c(F)c(C)c(C(=O)Oc2ccccc2)c(OCc2ccccc2)c1Br. The Morgan fingerprint density at radius 3 is 2.31 bits per heavy atom. The average molecular weight is 455 g/mol. The maximum atomic E-state index is 15.0. The molecule has 0 aliphatic carbocycles. The van der Waals surface area contributed by atoms with Crippen molar-refractivity contribution in [2.24, 2.45) is 0 Å². The fraction of sp³-hybridized carbons (Fsp3) is 0.125. The molecule has 0 heterocycles. The summed E-state index contributed by atoms with van der Waals surface area (Å²) in [5.41, 5.74) is 1.48. The van der Waals surface area contributed by atoms with Gasteiger partial charge in [0.15, 0.2) is 0 Å². The van der Waals surface area contributed by atoms with Gasteiger partial charge in [-0.15, -0.1) is 0 Å². The molecule has 3 aromatic carbocycles. The van der Waals surface area contributed by atoms with Crippen molar-refractivity contribution < 1.29 is 18.7 Å². The van der Waals surface area contributed by atoms with E-state index in [0.29, 0.717) is 15.8 Å². The third-order valence-electron chi connectivity index (χ3n) is 4.32. The van der Waals surface area contributed by atoms with Crippen LogP contribution in [0.4, 0.5) is 4.39 Å². The van der Waals surface area contributed by atoms with Crippen molar-refractivity contribution in [3.63, 3.8) is 0 Å². The van der Waals surface area contributed by atoms with Gasteiger partial charge < -0.3 is 9.47 Å². The van der Waals surface area contributed by atoms with Gasteiger partial charge >= 0.3 is 5.97 Å². The number of halogens is 2. The van der Waals surface area contributed by atoms with Gasteiger partial charge in [0.05, 0.1) is 4.47 Å². The molecular formula is C24H20BrFO3. The molecule has 5 heteroatoms. The molecule has 0 saturated carbocycles. The number of allylic oxidation sites excluding steroid dienone is 1. The third-order valence-corrected chi connectivity index (χ3v) is 5.11. The summed E-state index contributed by atoms with van der Waals surface area (Å²) in [5, 5.41) is 0. The highest BCUT2D eigenvalue weighted by molar-refractivity contribution is 9.10. The van der Waals surface area contributed by atoms with Crippen molar-refractivity contribution in [3.8, 4) is 11.5 Å². The van der Waals surface area contributed by atoms with Gasteiger partial charge in [0.1, 0.15) is 29.5 Å². The van der Waals surface area contributed by atoms with E-state index < -0.39 is 11.8 Å². The minimum absolute atomic E-state index is 0.0578. The second-order valence-corrected chi connectivity index (χ2v) is 7.14. The zero-order chi connectivity index (χ0) is 20.8. The van der Waals surface area contributed by atoms with Gasteiger partial charge in [-0.3, -0.25) is 0 Å². The summed E-state index contributed by atoms with van der Waals surface area (Å²) in [6.07, 6.45) is 3.36. The van der Waals surface area contributed by atoms with E-state index >= 15 is 4.39 Å². The number of para-hydroxylation sites is 1. The number of hydrogen-bond acceptors (Lipinski definition) is 3. The quantitative estimate of drug-likeness (QED) is 0.306. The van der Waals surface area contributed by atoms with Gasteiger partial charge in [-0.05, 0) is 47.5 Å². The maximum absolute atomic E-state index is 15.0. The van der Waals surface area contributed by atoms with Crippen LogP contribution in [0, 0.1) is 12.7 Å². The Morgan fingerprint density at radius 1 is 1.07 bits per heavy atom. The lowest BCUT2D eigenvalue weighted by molar-refractivity contribution is 0.0728. The van der Waals surface area contributed by atoms with Gasteiger partial charge in [0.2, 0.25) is 0 Å². The second kappa shape index (κ2) is 9.52. The molecule has 3 aromatic rings. The molecular weight excluding hydrogens is 435 g/mol. The minimum atomic E-state index is -0.677. The Balaban J connectivity index is 2.05. The molecule has 0 atom stereocenters. The predicted molar refractivity (Wildman–Crippen MR) is 116 cm³/mol. The van der Waals surface area contributed by atoms with E-state index in [2.05, 4.69) is 15.9 Å². The second-order valence-electron chi connectivity index (χ2n) is 6.35. The summed E-state index contributed by atoms with van der Waals surface area (Å²) < 4.78 is 26.8. The highest BCUT2D eigenvalue weighted by Crippen LogP contribution is 2.39. The van der Waals surface area contributed by atoms with Crippen molar-refractivity contribution >= 4 is 28.0 Å². The van der Waals surface area contributed by atoms with Gasteiger partial charge in [-0.1, -0.05) is 60.7 Å². The van der Waals surface area contributed by atoms with Crippen molar-refractivity contribution in [2.45, 2.75) is 20.5 Å². The molecule has 0 bridgehead atoms. The largest absolute Gasteiger partial charge is 0.487 e. The molecule has 0 radical (unpaired) electrons. The monoisotopic (exact) mass is 454 g/mol. The van der Waals surface area contributed by atoms with Crippen LogP contribution in [0.15, 0.2) is 71.2 Å². The normalized spacial score (nSPS) is 10.9. The van der Waals surface area contributed by atoms with Crippen LogP contribution in [0.25, 0.3) is 6.08 Å². The van der Waals surface area contributed by atoms with E-state index in [4.69, 9.17) is 9.47 Å². The topological polar surface area (TPSA) is 35.5 Å². The standard InChI is InChI=1S/C24H20BrFO3/c1-3-10-19-21(25)23(28-15-17-11-6-4-7-12-17)20(16(2)22(19)26)24(27)29-18-13-8-5-9-14-18/h3-14H,15H2,1-2H3/b10-3+. The molecule has 0 unspecified atom stereocenters. The van der Waals surface area contributed by atoms with Crippen LogP contribution in [0.1, 0.15) is 34.0 Å². The lowest BCUT2D eigenvalue weighted by Crippen LogP contribution is -2.15. The van der Waals surface area contributed by atoms with Crippen LogP contribution in [-0.4, -0.2) is 5.97 Å². The minimum Gasteiger partial charge on any atom is -0.487 e. The van der Waals surface area contributed by atoms with Gasteiger partial charge in [0, 0.05) is 11.1 Å². The Kier molecular flexibility index (Phi) is 6.83. The van der Waals surface area contributed by atoms with Gasteiger partial charge in [-0.2, -0.15) is 0 Å². The Labute approximate surface area is 177 Å². The molecule has 0 aliphatic rings. The molecule has 0 N–H and O–H groups in total. The fourth-order valence-electron chi connectivity index (χ4n) is 2.88. The van der Waals surface area contributed by atoms with Crippen LogP contribution in [0.3, 0.4) is 0 Å². The summed E-state index contributed by atoms with van der Waals surface area (Å²) in [7, 11) is 0. The van der Waals surface area contributed by atoms with Crippen LogP contribution >= 0.6 is 15.9 Å². The maximum Gasteiger partial charge on any atom is 0.347 e. The van der Waals surface area contributed by atoms with E-state index in [0.717, 1.165) is 5.56 Å². The highest BCUT2D eigenvalue weighted by atomic mass is 79.9. The summed E-state index contributed by atoms with van der Waals surface area (Å²) in [4.78, 5) is 12.9. The Bertz CT molecular complexity index is 1030. The van der Waals surface area contributed by atoms with Crippen molar-refractivity contribution in [2.75, 3.05) is 0 Å². The molecule has 3 nitrogen and oxygen atoms in total. The lowest BCUT2D eigenvalue weighted by atomic mass is 10.0. The van der Waals surface area contributed by atoms with Crippen LogP contribution < -0.4 is 9.47 Å². The molecule has 0 amide bonds. The first-order valence-electron chi connectivity index (χ1n) is 9.11. The predicted octanol–water partition coefficient (Wildman–Crippen LogP) is 6.73.